The normalized spacial score (nSPS) is 14.7. The largest absolute Gasteiger partial charge is 0.496 e. The van der Waals surface area contributed by atoms with Crippen molar-refractivity contribution in [3.05, 3.63) is 71.8 Å². The summed E-state index contributed by atoms with van der Waals surface area (Å²) in [7, 11) is -2.07. The molecule has 35 heavy (non-hydrogen) atoms. The molecule has 0 bridgehead atoms. The first-order valence-corrected chi connectivity index (χ1v) is 13.4. The van der Waals surface area contributed by atoms with Crippen LogP contribution in [0.4, 0.5) is 0 Å². The van der Waals surface area contributed by atoms with E-state index in [0.717, 1.165) is 12.8 Å². The van der Waals surface area contributed by atoms with Crippen LogP contribution in [0.15, 0.2) is 65.6 Å². The van der Waals surface area contributed by atoms with Crippen molar-refractivity contribution in [3.8, 4) is 5.75 Å². The van der Waals surface area contributed by atoms with Crippen molar-refractivity contribution in [2.45, 2.75) is 30.6 Å². The van der Waals surface area contributed by atoms with Crippen molar-refractivity contribution in [2.75, 3.05) is 40.0 Å². The number of carbonyl (C=O) groups excluding carboxylic acids is 1. The fourth-order valence-corrected chi connectivity index (χ4v) is 5.86. The second-order valence-electron chi connectivity index (χ2n) is 8.58. The van der Waals surface area contributed by atoms with Gasteiger partial charge in [-0.2, -0.15) is 4.31 Å². The summed E-state index contributed by atoms with van der Waals surface area (Å²) in [5.74, 6) is 0.515. The molecular formula is C27H32N2O5S. The lowest BCUT2D eigenvalue weighted by atomic mass is 10.0. The minimum Gasteiger partial charge on any atom is -0.496 e. The molecule has 1 aliphatic rings. The van der Waals surface area contributed by atoms with E-state index in [4.69, 9.17) is 9.47 Å². The first-order chi connectivity index (χ1) is 17.0. The zero-order valence-corrected chi connectivity index (χ0v) is 20.9. The molecule has 1 saturated heterocycles. The van der Waals surface area contributed by atoms with Gasteiger partial charge in [0.15, 0.2) is 0 Å². The van der Waals surface area contributed by atoms with Crippen LogP contribution in [0, 0.1) is 0 Å². The zero-order chi connectivity index (χ0) is 24.7. The summed E-state index contributed by atoms with van der Waals surface area (Å²) in [6.07, 6.45) is 2.38. The van der Waals surface area contributed by atoms with E-state index < -0.39 is 10.0 Å². The number of hydrogen-bond donors (Lipinski definition) is 1. The van der Waals surface area contributed by atoms with Crippen LogP contribution in [0.1, 0.15) is 24.0 Å². The minimum absolute atomic E-state index is 0.0635. The molecule has 0 radical (unpaired) electrons. The molecule has 7 nitrogen and oxygen atoms in total. The topological polar surface area (TPSA) is 84.9 Å². The predicted molar refractivity (Wildman–Crippen MR) is 136 cm³/mol. The Morgan fingerprint density at radius 2 is 1.77 bits per heavy atom. The van der Waals surface area contributed by atoms with Crippen LogP contribution in [0.2, 0.25) is 0 Å². The van der Waals surface area contributed by atoms with Crippen molar-refractivity contribution >= 4 is 26.7 Å². The van der Waals surface area contributed by atoms with E-state index in [9.17, 15) is 13.2 Å². The highest BCUT2D eigenvalue weighted by molar-refractivity contribution is 7.89. The highest BCUT2D eigenvalue weighted by Crippen LogP contribution is 2.26. The van der Waals surface area contributed by atoms with Crippen molar-refractivity contribution < 1.29 is 22.7 Å². The van der Waals surface area contributed by atoms with E-state index in [1.165, 1.54) is 20.6 Å². The van der Waals surface area contributed by atoms with E-state index in [0.29, 0.717) is 50.6 Å². The lowest BCUT2D eigenvalue weighted by Gasteiger charge is -2.26. The Kier molecular flexibility index (Phi) is 8.38. The van der Waals surface area contributed by atoms with E-state index in [1.54, 1.807) is 25.3 Å². The van der Waals surface area contributed by atoms with Crippen molar-refractivity contribution in [1.82, 2.24) is 9.62 Å². The van der Waals surface area contributed by atoms with Gasteiger partial charge in [-0.25, -0.2) is 8.42 Å². The molecule has 3 aromatic rings. The number of fused-ring (bicyclic) bond motifs is 1. The van der Waals surface area contributed by atoms with Crippen molar-refractivity contribution in [3.63, 3.8) is 0 Å². The van der Waals surface area contributed by atoms with Gasteiger partial charge in [-0.1, -0.05) is 42.5 Å². The van der Waals surface area contributed by atoms with Gasteiger partial charge in [-0.05, 0) is 59.4 Å². The number of nitrogens with one attached hydrogen (secondary N) is 1. The summed E-state index contributed by atoms with van der Waals surface area (Å²) in [5, 5.41) is 5.46. The molecule has 8 heteroatoms. The van der Waals surface area contributed by atoms with Gasteiger partial charge in [-0.15, -0.1) is 0 Å². The van der Waals surface area contributed by atoms with Crippen LogP contribution in [0.5, 0.6) is 5.75 Å². The Morgan fingerprint density at radius 1 is 1.00 bits per heavy atom. The molecule has 1 heterocycles. The molecular weight excluding hydrogens is 464 g/mol. The number of hydrogen-bond acceptors (Lipinski definition) is 5. The quantitative estimate of drug-likeness (QED) is 0.434. The average molecular weight is 497 g/mol. The standard InChI is InChI=1S/C27H32N2O5S/c1-33-26-13-12-24(35(31,32)29-16-18-34-19-17-29)20-23(26)11-14-27(30)28-15-5-9-22-8-4-7-21-6-2-3-10-25(21)22/h2-4,6-8,10,12-13,20H,5,9,11,14-19H2,1H3,(H,28,30). The Hall–Kier alpha value is -2.94. The van der Waals surface area contributed by atoms with Gasteiger partial charge in [0.1, 0.15) is 5.75 Å². The van der Waals surface area contributed by atoms with Gasteiger partial charge in [-0.3, -0.25) is 4.79 Å². The Balaban J connectivity index is 1.31. The molecule has 1 aliphatic heterocycles. The van der Waals surface area contributed by atoms with Gasteiger partial charge in [0.2, 0.25) is 15.9 Å². The smallest absolute Gasteiger partial charge is 0.243 e. The minimum atomic E-state index is -3.61. The third kappa shape index (κ3) is 6.20. The molecule has 4 rings (SSSR count). The van der Waals surface area contributed by atoms with E-state index in [2.05, 4.69) is 35.6 Å². The second-order valence-corrected chi connectivity index (χ2v) is 10.5. The molecule has 1 amide bonds. The van der Waals surface area contributed by atoms with Gasteiger partial charge in [0.25, 0.3) is 0 Å². The fourth-order valence-electron chi connectivity index (χ4n) is 4.40. The third-order valence-electron chi connectivity index (χ3n) is 6.31. The number of benzene rings is 3. The highest BCUT2D eigenvalue weighted by atomic mass is 32.2. The molecule has 0 saturated carbocycles. The molecule has 0 spiro atoms. The number of methoxy groups -OCH3 is 1. The van der Waals surface area contributed by atoms with Gasteiger partial charge in [0.05, 0.1) is 25.2 Å². The third-order valence-corrected chi connectivity index (χ3v) is 8.20. The Labute approximate surface area is 207 Å². The SMILES string of the molecule is COc1ccc(S(=O)(=O)N2CCOCC2)cc1CCC(=O)NCCCc1cccc2ccccc12. The number of morpholine rings is 1. The first kappa shape index (κ1) is 25.2. The molecule has 0 atom stereocenters. The van der Waals surface area contributed by atoms with Crippen LogP contribution >= 0.6 is 0 Å². The second kappa shape index (κ2) is 11.7. The fraction of sp³-hybridized carbons (Fsp3) is 0.370. The number of nitrogens with zero attached hydrogens (tertiary/aromatic N) is 1. The summed E-state index contributed by atoms with van der Waals surface area (Å²) >= 11 is 0. The summed E-state index contributed by atoms with van der Waals surface area (Å²) in [6, 6.07) is 19.5. The van der Waals surface area contributed by atoms with Crippen molar-refractivity contribution in [1.29, 1.82) is 0 Å². The lowest BCUT2D eigenvalue weighted by molar-refractivity contribution is -0.121. The lowest BCUT2D eigenvalue weighted by Crippen LogP contribution is -2.40. The number of sulfonamides is 1. The molecule has 1 N–H and O–H groups in total. The number of ether oxygens (including phenoxy) is 2. The van der Waals surface area contributed by atoms with Gasteiger partial charge >= 0.3 is 0 Å². The monoisotopic (exact) mass is 496 g/mol. The van der Waals surface area contributed by atoms with Crippen LogP contribution in [0.25, 0.3) is 10.8 Å². The molecule has 1 fully saturated rings. The van der Waals surface area contributed by atoms with E-state index in [1.807, 2.05) is 12.1 Å². The molecule has 3 aromatic carbocycles. The average Bonchev–Trinajstić information content (AvgIpc) is 2.90. The Bertz CT molecular complexity index is 1260. The maximum Gasteiger partial charge on any atom is 0.243 e. The Morgan fingerprint density at radius 3 is 2.57 bits per heavy atom. The zero-order valence-electron chi connectivity index (χ0n) is 20.0. The number of carbonyl (C=O) groups is 1. The van der Waals surface area contributed by atoms with Crippen LogP contribution in [-0.2, 0) is 32.4 Å². The first-order valence-electron chi connectivity index (χ1n) is 12.0. The van der Waals surface area contributed by atoms with Crippen LogP contribution in [-0.4, -0.2) is 58.6 Å². The number of aryl methyl sites for hydroxylation is 2. The summed E-state index contributed by atoms with van der Waals surface area (Å²) in [6.45, 7) is 2.05. The summed E-state index contributed by atoms with van der Waals surface area (Å²) in [4.78, 5) is 12.7. The highest BCUT2D eigenvalue weighted by Gasteiger charge is 2.27. The maximum atomic E-state index is 13.0. The van der Waals surface area contributed by atoms with Gasteiger partial charge in [0, 0.05) is 26.1 Å². The van der Waals surface area contributed by atoms with Crippen LogP contribution in [0.3, 0.4) is 0 Å². The van der Waals surface area contributed by atoms with Crippen molar-refractivity contribution in [2.24, 2.45) is 0 Å². The molecule has 186 valence electrons. The summed E-state index contributed by atoms with van der Waals surface area (Å²) in [5.41, 5.74) is 1.98. The predicted octanol–water partition coefficient (Wildman–Crippen LogP) is 3.55. The van der Waals surface area contributed by atoms with Crippen LogP contribution < -0.4 is 10.1 Å². The number of amides is 1. The molecule has 0 unspecified atom stereocenters. The maximum absolute atomic E-state index is 13.0. The number of rotatable bonds is 10. The van der Waals surface area contributed by atoms with E-state index >= 15 is 0 Å². The molecule has 0 aliphatic carbocycles. The summed E-state index contributed by atoms with van der Waals surface area (Å²) < 4.78 is 38.1. The molecule has 0 aromatic heterocycles. The van der Waals surface area contributed by atoms with Gasteiger partial charge < -0.3 is 14.8 Å². The van der Waals surface area contributed by atoms with E-state index in [-0.39, 0.29) is 17.2 Å².